The molecule has 0 heterocycles. The number of halogens is 1. The zero-order chi connectivity index (χ0) is 12.0. The first kappa shape index (κ1) is 12.7. The highest BCUT2D eigenvalue weighted by molar-refractivity contribution is 6.29. The van der Waals surface area contributed by atoms with Crippen LogP contribution in [-0.4, -0.2) is 19.0 Å². The number of amides is 1. The summed E-state index contributed by atoms with van der Waals surface area (Å²) in [5.41, 5.74) is 1.87. The first-order chi connectivity index (χ1) is 7.59. The van der Waals surface area contributed by atoms with Crippen LogP contribution in [0.4, 0.5) is 5.69 Å². The molecule has 0 aliphatic carbocycles. The zero-order valence-corrected chi connectivity index (χ0v) is 9.97. The SMILES string of the molecule is C=C(Cl)CNCC(=O)Nc1ccccc1C. The third kappa shape index (κ3) is 4.47. The highest BCUT2D eigenvalue weighted by Crippen LogP contribution is 2.12. The van der Waals surface area contributed by atoms with Gasteiger partial charge in [0.2, 0.25) is 5.91 Å². The largest absolute Gasteiger partial charge is 0.325 e. The van der Waals surface area contributed by atoms with Crippen LogP contribution in [0.25, 0.3) is 0 Å². The summed E-state index contributed by atoms with van der Waals surface area (Å²) in [5, 5.41) is 6.18. The average molecular weight is 239 g/mol. The van der Waals surface area contributed by atoms with Crippen molar-refractivity contribution >= 4 is 23.2 Å². The third-order valence-corrected chi connectivity index (χ3v) is 2.16. The number of para-hydroxylation sites is 1. The second-order valence-corrected chi connectivity index (χ2v) is 4.02. The van der Waals surface area contributed by atoms with Gasteiger partial charge in [-0.05, 0) is 18.6 Å². The molecule has 0 saturated carbocycles. The van der Waals surface area contributed by atoms with E-state index in [1.807, 2.05) is 31.2 Å². The van der Waals surface area contributed by atoms with Gasteiger partial charge in [0.15, 0.2) is 0 Å². The van der Waals surface area contributed by atoms with Crippen LogP contribution >= 0.6 is 11.6 Å². The molecular formula is C12H15ClN2O. The van der Waals surface area contributed by atoms with Crippen LogP contribution in [-0.2, 0) is 4.79 Å². The van der Waals surface area contributed by atoms with Crippen molar-refractivity contribution in [2.24, 2.45) is 0 Å². The Labute approximate surface area is 100 Å². The lowest BCUT2D eigenvalue weighted by Gasteiger charge is -2.08. The molecule has 0 radical (unpaired) electrons. The molecule has 4 heteroatoms. The van der Waals surface area contributed by atoms with E-state index in [4.69, 9.17) is 11.6 Å². The summed E-state index contributed by atoms with van der Waals surface area (Å²) >= 11 is 5.56. The van der Waals surface area contributed by atoms with Crippen molar-refractivity contribution in [1.29, 1.82) is 0 Å². The fourth-order valence-electron chi connectivity index (χ4n) is 1.22. The van der Waals surface area contributed by atoms with Crippen LogP contribution in [0.1, 0.15) is 5.56 Å². The first-order valence-corrected chi connectivity index (χ1v) is 5.37. The Balaban J connectivity index is 2.40. The van der Waals surface area contributed by atoms with E-state index in [9.17, 15) is 4.79 Å². The summed E-state index contributed by atoms with van der Waals surface area (Å²) in [6.45, 7) is 6.12. The third-order valence-electron chi connectivity index (χ3n) is 2.02. The Bertz CT molecular complexity index is 390. The smallest absolute Gasteiger partial charge is 0.238 e. The van der Waals surface area contributed by atoms with E-state index in [0.29, 0.717) is 11.6 Å². The van der Waals surface area contributed by atoms with E-state index in [2.05, 4.69) is 17.2 Å². The molecule has 0 unspecified atom stereocenters. The van der Waals surface area contributed by atoms with Crippen LogP contribution in [0, 0.1) is 6.92 Å². The number of anilines is 1. The normalized spacial score (nSPS) is 9.88. The predicted molar refractivity (Wildman–Crippen MR) is 67.7 cm³/mol. The number of benzene rings is 1. The predicted octanol–water partition coefficient (Wildman–Crippen LogP) is 2.28. The molecule has 1 amide bonds. The Morgan fingerprint density at radius 3 is 2.69 bits per heavy atom. The maximum atomic E-state index is 11.5. The second kappa shape index (κ2) is 6.30. The molecule has 1 aromatic rings. The summed E-state index contributed by atoms with van der Waals surface area (Å²) in [6, 6.07) is 7.63. The minimum atomic E-state index is -0.0905. The molecule has 0 fully saturated rings. The monoisotopic (exact) mass is 238 g/mol. The maximum Gasteiger partial charge on any atom is 0.238 e. The molecule has 1 rings (SSSR count). The van der Waals surface area contributed by atoms with Crippen molar-refractivity contribution in [1.82, 2.24) is 5.32 Å². The molecule has 2 N–H and O–H groups in total. The number of hydrogen-bond acceptors (Lipinski definition) is 2. The van der Waals surface area contributed by atoms with Gasteiger partial charge >= 0.3 is 0 Å². The molecular weight excluding hydrogens is 224 g/mol. The quantitative estimate of drug-likeness (QED) is 0.826. The molecule has 0 aliphatic rings. The lowest BCUT2D eigenvalue weighted by Crippen LogP contribution is -2.29. The van der Waals surface area contributed by atoms with Crippen LogP contribution in [0.15, 0.2) is 35.9 Å². The number of rotatable bonds is 5. The molecule has 1 aromatic carbocycles. The summed E-state index contributed by atoms with van der Waals surface area (Å²) in [7, 11) is 0. The molecule has 0 spiro atoms. The minimum absolute atomic E-state index is 0.0905. The lowest BCUT2D eigenvalue weighted by atomic mass is 10.2. The van der Waals surface area contributed by atoms with Gasteiger partial charge in [-0.15, -0.1) is 0 Å². The molecule has 0 saturated heterocycles. The van der Waals surface area contributed by atoms with Gasteiger partial charge in [0.05, 0.1) is 6.54 Å². The van der Waals surface area contributed by atoms with Crippen molar-refractivity contribution in [3.05, 3.63) is 41.4 Å². The van der Waals surface area contributed by atoms with Gasteiger partial charge in [-0.3, -0.25) is 4.79 Å². The van der Waals surface area contributed by atoms with E-state index in [0.717, 1.165) is 11.3 Å². The number of nitrogens with one attached hydrogen (secondary N) is 2. The van der Waals surface area contributed by atoms with Crippen LogP contribution in [0.2, 0.25) is 0 Å². The van der Waals surface area contributed by atoms with E-state index in [-0.39, 0.29) is 12.5 Å². The van der Waals surface area contributed by atoms with Gasteiger partial charge in [0, 0.05) is 17.3 Å². The van der Waals surface area contributed by atoms with Gasteiger partial charge in [-0.2, -0.15) is 0 Å². The Morgan fingerprint density at radius 2 is 2.06 bits per heavy atom. The standard InChI is InChI=1S/C12H15ClN2O/c1-9-5-3-4-6-11(9)15-12(16)8-14-7-10(2)13/h3-6,14H,2,7-8H2,1H3,(H,15,16). The second-order valence-electron chi connectivity index (χ2n) is 3.48. The maximum absolute atomic E-state index is 11.5. The van der Waals surface area contributed by atoms with Crippen molar-refractivity contribution in [3.8, 4) is 0 Å². The van der Waals surface area contributed by atoms with E-state index >= 15 is 0 Å². The van der Waals surface area contributed by atoms with E-state index in [1.165, 1.54) is 0 Å². The summed E-state index contributed by atoms with van der Waals surface area (Å²) in [5.74, 6) is -0.0905. The number of carbonyl (C=O) groups excluding carboxylic acids is 1. The van der Waals surface area contributed by atoms with E-state index < -0.39 is 0 Å². The highest BCUT2D eigenvalue weighted by Gasteiger charge is 2.03. The number of carbonyl (C=O) groups is 1. The summed E-state index contributed by atoms with van der Waals surface area (Å²) < 4.78 is 0. The molecule has 0 aromatic heterocycles. The summed E-state index contributed by atoms with van der Waals surface area (Å²) in [6.07, 6.45) is 0. The van der Waals surface area contributed by atoms with Crippen LogP contribution < -0.4 is 10.6 Å². The first-order valence-electron chi connectivity index (χ1n) is 4.99. The van der Waals surface area contributed by atoms with Crippen molar-refractivity contribution in [2.75, 3.05) is 18.4 Å². The van der Waals surface area contributed by atoms with Crippen molar-refractivity contribution < 1.29 is 4.79 Å². The van der Waals surface area contributed by atoms with Crippen LogP contribution in [0.3, 0.4) is 0 Å². The molecule has 0 atom stereocenters. The highest BCUT2D eigenvalue weighted by atomic mass is 35.5. The number of hydrogen-bond donors (Lipinski definition) is 2. The van der Waals surface area contributed by atoms with Gasteiger partial charge in [-0.25, -0.2) is 0 Å². The molecule has 86 valence electrons. The molecule has 3 nitrogen and oxygen atoms in total. The Morgan fingerprint density at radius 1 is 1.38 bits per heavy atom. The number of aryl methyl sites for hydroxylation is 1. The zero-order valence-electron chi connectivity index (χ0n) is 9.22. The van der Waals surface area contributed by atoms with Gasteiger partial charge in [0.25, 0.3) is 0 Å². The minimum Gasteiger partial charge on any atom is -0.325 e. The summed E-state index contributed by atoms with van der Waals surface area (Å²) in [4.78, 5) is 11.5. The van der Waals surface area contributed by atoms with Crippen molar-refractivity contribution in [2.45, 2.75) is 6.92 Å². The van der Waals surface area contributed by atoms with Crippen LogP contribution in [0.5, 0.6) is 0 Å². The fraction of sp³-hybridized carbons (Fsp3) is 0.250. The molecule has 0 aliphatic heterocycles. The van der Waals surface area contributed by atoms with Gasteiger partial charge in [-0.1, -0.05) is 36.4 Å². The lowest BCUT2D eigenvalue weighted by molar-refractivity contribution is -0.115. The topological polar surface area (TPSA) is 41.1 Å². The molecule has 16 heavy (non-hydrogen) atoms. The Kier molecular flexibility index (Phi) is 5.02. The van der Waals surface area contributed by atoms with Gasteiger partial charge < -0.3 is 10.6 Å². The Hall–Kier alpha value is -1.32. The average Bonchev–Trinajstić information content (AvgIpc) is 2.21. The van der Waals surface area contributed by atoms with Gasteiger partial charge in [0.1, 0.15) is 0 Å². The van der Waals surface area contributed by atoms with Crippen molar-refractivity contribution in [3.63, 3.8) is 0 Å². The van der Waals surface area contributed by atoms with E-state index in [1.54, 1.807) is 0 Å². The molecule has 0 bridgehead atoms. The fourth-order valence-corrected chi connectivity index (χ4v) is 1.31.